The van der Waals surface area contributed by atoms with Gasteiger partial charge in [-0.2, -0.15) is 0 Å². The van der Waals surface area contributed by atoms with Gasteiger partial charge in [0.25, 0.3) is 5.91 Å². The molecule has 1 atom stereocenters. The summed E-state index contributed by atoms with van der Waals surface area (Å²) >= 11 is 1.57. The SMILES string of the molecule is CCC(C)Sc1nnc(CNC(=O)c2ccc(OC)cc2)n1-c1cccc(F)c1. The van der Waals surface area contributed by atoms with E-state index >= 15 is 0 Å². The van der Waals surface area contributed by atoms with Gasteiger partial charge in [-0.15, -0.1) is 10.2 Å². The lowest BCUT2D eigenvalue weighted by Crippen LogP contribution is -2.24. The molecule has 0 bridgehead atoms. The Morgan fingerprint density at radius 2 is 2.00 bits per heavy atom. The molecule has 1 N–H and O–H groups in total. The van der Waals surface area contributed by atoms with E-state index in [0.717, 1.165) is 6.42 Å². The Morgan fingerprint density at radius 3 is 2.66 bits per heavy atom. The fraction of sp³-hybridized carbons (Fsp3) is 0.286. The van der Waals surface area contributed by atoms with Crippen LogP contribution in [0.5, 0.6) is 5.75 Å². The van der Waals surface area contributed by atoms with E-state index in [1.807, 2.05) is 0 Å². The molecule has 0 fully saturated rings. The summed E-state index contributed by atoms with van der Waals surface area (Å²) in [6.45, 7) is 4.35. The van der Waals surface area contributed by atoms with Crippen molar-refractivity contribution < 1.29 is 13.9 Å². The number of halogens is 1. The molecule has 0 radical (unpaired) electrons. The van der Waals surface area contributed by atoms with Gasteiger partial charge in [-0.3, -0.25) is 9.36 Å². The molecule has 8 heteroatoms. The highest BCUT2D eigenvalue weighted by atomic mass is 32.2. The van der Waals surface area contributed by atoms with Gasteiger partial charge in [-0.05, 0) is 48.9 Å². The van der Waals surface area contributed by atoms with E-state index in [0.29, 0.717) is 33.2 Å². The number of benzene rings is 2. The summed E-state index contributed by atoms with van der Waals surface area (Å²) in [6.07, 6.45) is 0.963. The van der Waals surface area contributed by atoms with Gasteiger partial charge in [0.05, 0.1) is 19.3 Å². The Labute approximate surface area is 173 Å². The van der Waals surface area contributed by atoms with Crippen LogP contribution in [-0.4, -0.2) is 33.0 Å². The van der Waals surface area contributed by atoms with Gasteiger partial charge in [-0.25, -0.2) is 4.39 Å². The zero-order chi connectivity index (χ0) is 20.8. The maximum absolute atomic E-state index is 13.8. The highest BCUT2D eigenvalue weighted by Crippen LogP contribution is 2.27. The van der Waals surface area contributed by atoms with Gasteiger partial charge in [0.1, 0.15) is 11.6 Å². The highest BCUT2D eigenvalue weighted by molar-refractivity contribution is 7.99. The number of hydrogen-bond acceptors (Lipinski definition) is 5. The van der Waals surface area contributed by atoms with Crippen molar-refractivity contribution in [1.82, 2.24) is 20.1 Å². The Hall–Kier alpha value is -2.87. The number of carbonyl (C=O) groups is 1. The lowest BCUT2D eigenvalue weighted by atomic mass is 10.2. The van der Waals surface area contributed by atoms with E-state index in [1.54, 1.807) is 59.8 Å². The van der Waals surface area contributed by atoms with Gasteiger partial charge in [0, 0.05) is 10.8 Å². The average Bonchev–Trinajstić information content (AvgIpc) is 3.14. The molecule has 1 amide bonds. The Morgan fingerprint density at radius 1 is 1.24 bits per heavy atom. The predicted molar refractivity (Wildman–Crippen MR) is 111 cm³/mol. The normalized spacial score (nSPS) is 11.9. The molecule has 3 aromatic rings. The van der Waals surface area contributed by atoms with Crippen LogP contribution in [0.4, 0.5) is 4.39 Å². The van der Waals surface area contributed by atoms with Crippen molar-refractivity contribution in [2.45, 2.75) is 37.2 Å². The minimum absolute atomic E-state index is 0.162. The van der Waals surface area contributed by atoms with Crippen molar-refractivity contribution in [2.24, 2.45) is 0 Å². The maximum Gasteiger partial charge on any atom is 0.251 e. The summed E-state index contributed by atoms with van der Waals surface area (Å²) in [5.41, 5.74) is 1.13. The van der Waals surface area contributed by atoms with Crippen LogP contribution in [-0.2, 0) is 6.54 Å². The number of nitrogens with one attached hydrogen (secondary N) is 1. The lowest BCUT2D eigenvalue weighted by Gasteiger charge is -2.13. The molecule has 1 unspecified atom stereocenters. The first-order valence-electron chi connectivity index (χ1n) is 9.31. The van der Waals surface area contributed by atoms with Crippen LogP contribution >= 0.6 is 11.8 Å². The first-order chi connectivity index (χ1) is 14.0. The minimum atomic E-state index is -0.344. The zero-order valence-corrected chi connectivity index (χ0v) is 17.4. The Balaban J connectivity index is 1.83. The van der Waals surface area contributed by atoms with Crippen molar-refractivity contribution in [3.8, 4) is 11.4 Å². The van der Waals surface area contributed by atoms with Gasteiger partial charge >= 0.3 is 0 Å². The molecular weight excluding hydrogens is 391 g/mol. The van der Waals surface area contributed by atoms with E-state index in [4.69, 9.17) is 4.74 Å². The number of methoxy groups -OCH3 is 1. The molecule has 1 aromatic heterocycles. The summed E-state index contributed by atoms with van der Waals surface area (Å²) < 4.78 is 20.7. The number of thioether (sulfide) groups is 1. The summed E-state index contributed by atoms with van der Waals surface area (Å²) in [5, 5.41) is 12.4. The summed E-state index contributed by atoms with van der Waals surface area (Å²) in [6, 6.07) is 13.1. The summed E-state index contributed by atoms with van der Waals surface area (Å²) in [7, 11) is 1.57. The van der Waals surface area contributed by atoms with Crippen LogP contribution in [0.15, 0.2) is 53.7 Å². The number of hydrogen-bond donors (Lipinski definition) is 1. The molecule has 1 heterocycles. The average molecular weight is 415 g/mol. The van der Waals surface area contributed by atoms with Crippen LogP contribution in [0.25, 0.3) is 5.69 Å². The van der Waals surface area contributed by atoms with E-state index in [1.165, 1.54) is 12.1 Å². The van der Waals surface area contributed by atoms with E-state index in [2.05, 4.69) is 29.4 Å². The molecule has 0 aliphatic heterocycles. The fourth-order valence-electron chi connectivity index (χ4n) is 2.63. The molecule has 0 aliphatic rings. The molecule has 2 aromatic carbocycles. The number of rotatable bonds is 8. The fourth-order valence-corrected chi connectivity index (χ4v) is 3.56. The van der Waals surface area contributed by atoms with Crippen molar-refractivity contribution in [3.63, 3.8) is 0 Å². The monoisotopic (exact) mass is 414 g/mol. The second kappa shape index (κ2) is 9.56. The number of carbonyl (C=O) groups excluding carboxylic acids is 1. The second-order valence-electron chi connectivity index (χ2n) is 6.46. The summed E-state index contributed by atoms with van der Waals surface area (Å²) in [4.78, 5) is 12.5. The molecule has 0 spiro atoms. The lowest BCUT2D eigenvalue weighted by molar-refractivity contribution is 0.0949. The van der Waals surface area contributed by atoms with Crippen LogP contribution in [0.1, 0.15) is 36.5 Å². The highest BCUT2D eigenvalue weighted by Gasteiger charge is 2.18. The molecule has 0 aliphatic carbocycles. The second-order valence-corrected chi connectivity index (χ2v) is 7.87. The maximum atomic E-state index is 13.8. The topological polar surface area (TPSA) is 69.0 Å². The van der Waals surface area contributed by atoms with Crippen LogP contribution in [0.3, 0.4) is 0 Å². The Bertz CT molecular complexity index is 975. The predicted octanol–water partition coefficient (Wildman–Crippen LogP) is 4.24. The van der Waals surface area contributed by atoms with Crippen molar-refractivity contribution in [1.29, 1.82) is 0 Å². The number of nitrogens with zero attached hydrogens (tertiary/aromatic N) is 3. The van der Waals surface area contributed by atoms with Crippen molar-refractivity contribution in [2.75, 3.05) is 7.11 Å². The van der Waals surface area contributed by atoms with Gasteiger partial charge in [0.15, 0.2) is 11.0 Å². The minimum Gasteiger partial charge on any atom is -0.497 e. The largest absolute Gasteiger partial charge is 0.497 e. The van der Waals surface area contributed by atoms with E-state index < -0.39 is 0 Å². The van der Waals surface area contributed by atoms with Gasteiger partial charge in [0.2, 0.25) is 0 Å². The number of amides is 1. The van der Waals surface area contributed by atoms with Crippen molar-refractivity contribution in [3.05, 3.63) is 65.7 Å². The molecule has 6 nitrogen and oxygen atoms in total. The third-order valence-corrected chi connectivity index (χ3v) is 5.62. The van der Waals surface area contributed by atoms with Crippen LogP contribution in [0, 0.1) is 5.82 Å². The number of ether oxygens (including phenoxy) is 1. The summed E-state index contributed by atoms with van der Waals surface area (Å²) in [5.74, 6) is 0.629. The molecule has 29 heavy (non-hydrogen) atoms. The van der Waals surface area contributed by atoms with Crippen LogP contribution in [0.2, 0.25) is 0 Å². The molecule has 152 valence electrons. The van der Waals surface area contributed by atoms with E-state index in [9.17, 15) is 9.18 Å². The third-order valence-electron chi connectivity index (χ3n) is 4.41. The van der Waals surface area contributed by atoms with Gasteiger partial charge in [-0.1, -0.05) is 31.7 Å². The molecule has 0 saturated heterocycles. The quantitative estimate of drug-likeness (QED) is 0.559. The smallest absolute Gasteiger partial charge is 0.251 e. The Kier molecular flexibility index (Phi) is 6.87. The molecule has 3 rings (SSSR count). The van der Waals surface area contributed by atoms with Crippen LogP contribution < -0.4 is 10.1 Å². The molecular formula is C21H23FN4O2S. The first-order valence-corrected chi connectivity index (χ1v) is 10.2. The van der Waals surface area contributed by atoms with Gasteiger partial charge < -0.3 is 10.1 Å². The molecule has 0 saturated carbocycles. The standard InChI is InChI=1S/C21H23FN4O2S/c1-4-14(2)29-21-25-24-19(26(21)17-7-5-6-16(22)12-17)13-23-20(27)15-8-10-18(28-3)11-9-15/h5-12,14H,4,13H2,1-3H3,(H,23,27). The third kappa shape index (κ3) is 5.14. The number of aromatic nitrogens is 3. The van der Waals surface area contributed by atoms with E-state index in [-0.39, 0.29) is 18.3 Å². The zero-order valence-electron chi connectivity index (χ0n) is 16.6. The van der Waals surface area contributed by atoms with Crippen molar-refractivity contribution >= 4 is 17.7 Å². The first kappa shape index (κ1) is 20.9.